The minimum atomic E-state index is -3.38. The molecule has 0 fully saturated rings. The molecule has 0 radical (unpaired) electrons. The highest BCUT2D eigenvalue weighted by molar-refractivity contribution is 7.91. The van der Waals surface area contributed by atoms with Crippen LogP contribution in [0.5, 0.6) is 0 Å². The zero-order valence-corrected chi connectivity index (χ0v) is 9.74. The largest absolute Gasteiger partial charge is 0.265 e. The Morgan fingerprint density at radius 2 is 1.81 bits per heavy atom. The third-order valence-corrected chi connectivity index (χ3v) is 3.95. The summed E-state index contributed by atoms with van der Waals surface area (Å²) in [4.78, 5) is 9.79. The predicted octanol–water partition coefficient (Wildman–Crippen LogP) is 1.44. The molecule has 0 heterocycles. The average Bonchev–Trinajstić information content (AvgIpc) is 2.17. The summed E-state index contributed by atoms with van der Waals surface area (Å²) in [7, 11) is -3.38. The van der Waals surface area contributed by atoms with Crippen molar-refractivity contribution in [2.24, 2.45) is 0 Å². The van der Waals surface area contributed by atoms with E-state index in [1.54, 1.807) is 12.1 Å². The molecule has 0 aliphatic carbocycles. The second-order valence-electron chi connectivity index (χ2n) is 3.54. The van der Waals surface area contributed by atoms with E-state index in [4.69, 9.17) is 0 Å². The van der Waals surface area contributed by atoms with Gasteiger partial charge in [0, 0.05) is 11.3 Å². The van der Waals surface area contributed by atoms with Gasteiger partial charge in [0.2, 0.25) is 6.54 Å². The third-order valence-electron chi connectivity index (χ3n) is 2.13. The smallest absolute Gasteiger partial charge is 0.204 e. The van der Waals surface area contributed by atoms with Crippen LogP contribution in [0.4, 0.5) is 0 Å². The van der Waals surface area contributed by atoms with E-state index in [1.165, 1.54) is 12.1 Å². The zero-order chi connectivity index (χ0) is 12.2. The van der Waals surface area contributed by atoms with E-state index >= 15 is 0 Å². The van der Waals surface area contributed by atoms with Gasteiger partial charge in [0.05, 0.1) is 10.6 Å². The summed E-state index contributed by atoms with van der Waals surface area (Å²) in [5, 5.41) is 10.1. The molecule has 0 spiro atoms. The molecule has 0 aliphatic rings. The Balaban J connectivity index is 2.71. The molecule has 0 saturated carbocycles. The maximum Gasteiger partial charge on any atom is 0.204 e. The van der Waals surface area contributed by atoms with Gasteiger partial charge in [0.15, 0.2) is 9.84 Å². The van der Waals surface area contributed by atoms with E-state index in [2.05, 4.69) is 0 Å². The van der Waals surface area contributed by atoms with E-state index < -0.39 is 14.8 Å². The highest BCUT2D eigenvalue weighted by atomic mass is 32.2. The van der Waals surface area contributed by atoms with Crippen LogP contribution in [0.25, 0.3) is 0 Å². The van der Waals surface area contributed by atoms with Gasteiger partial charge in [0.25, 0.3) is 0 Å². The third kappa shape index (κ3) is 3.62. The number of sulfone groups is 1. The number of benzene rings is 1. The Morgan fingerprint density at radius 1 is 1.25 bits per heavy atom. The van der Waals surface area contributed by atoms with Gasteiger partial charge in [0.1, 0.15) is 0 Å². The molecular weight excluding hydrogens is 230 g/mol. The molecule has 5 nitrogen and oxygen atoms in total. The Morgan fingerprint density at radius 3 is 2.31 bits per heavy atom. The molecule has 0 aromatic heterocycles. The lowest BCUT2D eigenvalue weighted by Gasteiger charge is -2.02. The standard InChI is InChI=1S/C10H13NO4S/c1-9-3-5-10(6-4-9)16(14,15)8-2-7-11(12)13/h3-6H,2,7-8H2,1H3. The maximum atomic E-state index is 11.7. The summed E-state index contributed by atoms with van der Waals surface area (Å²) < 4.78 is 23.4. The number of hydrogen-bond donors (Lipinski definition) is 0. The van der Waals surface area contributed by atoms with Crippen LogP contribution in [0.1, 0.15) is 12.0 Å². The minimum Gasteiger partial charge on any atom is -0.265 e. The van der Waals surface area contributed by atoms with Crippen molar-refractivity contribution in [3.8, 4) is 0 Å². The fourth-order valence-electron chi connectivity index (χ4n) is 1.25. The molecule has 0 amide bonds. The normalized spacial score (nSPS) is 11.3. The highest BCUT2D eigenvalue weighted by Gasteiger charge is 2.14. The lowest BCUT2D eigenvalue weighted by molar-refractivity contribution is -0.479. The van der Waals surface area contributed by atoms with E-state index in [0.717, 1.165) is 5.56 Å². The second-order valence-corrected chi connectivity index (χ2v) is 5.65. The van der Waals surface area contributed by atoms with Gasteiger partial charge in [-0.2, -0.15) is 0 Å². The first-order chi connectivity index (χ1) is 7.42. The van der Waals surface area contributed by atoms with Crippen molar-refractivity contribution in [3.63, 3.8) is 0 Å². The van der Waals surface area contributed by atoms with Crippen molar-refractivity contribution in [3.05, 3.63) is 39.9 Å². The van der Waals surface area contributed by atoms with Gasteiger partial charge in [-0.25, -0.2) is 8.42 Å². The Hall–Kier alpha value is -1.43. The summed E-state index contributed by atoms with van der Waals surface area (Å²) >= 11 is 0. The van der Waals surface area contributed by atoms with Crippen molar-refractivity contribution in [2.45, 2.75) is 18.2 Å². The summed E-state index contributed by atoms with van der Waals surface area (Å²) in [5.74, 6) is -0.183. The van der Waals surface area contributed by atoms with Crippen LogP contribution in [0.15, 0.2) is 29.2 Å². The molecule has 16 heavy (non-hydrogen) atoms. The molecular formula is C10H13NO4S. The molecule has 0 N–H and O–H groups in total. The lowest BCUT2D eigenvalue weighted by atomic mass is 10.2. The minimum absolute atomic E-state index is 0.0449. The Bertz CT molecular complexity index is 464. The van der Waals surface area contributed by atoms with Crippen molar-refractivity contribution in [1.82, 2.24) is 0 Å². The molecule has 0 atom stereocenters. The Kier molecular flexibility index (Phi) is 4.00. The monoisotopic (exact) mass is 243 g/mol. The quantitative estimate of drug-likeness (QED) is 0.579. The number of rotatable bonds is 5. The van der Waals surface area contributed by atoms with Crippen molar-refractivity contribution < 1.29 is 13.3 Å². The Labute approximate surface area is 94.2 Å². The van der Waals surface area contributed by atoms with Crippen LogP contribution in [-0.2, 0) is 9.84 Å². The summed E-state index contributed by atoms with van der Waals surface area (Å²) in [6.07, 6.45) is 0.0449. The number of nitro groups is 1. The van der Waals surface area contributed by atoms with Gasteiger partial charge in [-0.1, -0.05) is 17.7 Å². The first-order valence-corrected chi connectivity index (χ1v) is 6.48. The zero-order valence-electron chi connectivity index (χ0n) is 8.92. The molecule has 0 aliphatic heterocycles. The number of nitrogens with zero attached hydrogens (tertiary/aromatic N) is 1. The van der Waals surface area contributed by atoms with Crippen LogP contribution in [0, 0.1) is 17.0 Å². The van der Waals surface area contributed by atoms with E-state index in [0.29, 0.717) is 0 Å². The number of aryl methyl sites for hydroxylation is 1. The van der Waals surface area contributed by atoms with Crippen LogP contribution >= 0.6 is 0 Å². The SMILES string of the molecule is Cc1ccc(S(=O)(=O)CCC[N+](=O)[O-])cc1. The molecule has 6 heteroatoms. The van der Waals surface area contributed by atoms with Crippen molar-refractivity contribution in [1.29, 1.82) is 0 Å². The molecule has 1 rings (SSSR count). The van der Waals surface area contributed by atoms with E-state index in [-0.39, 0.29) is 23.6 Å². The van der Waals surface area contributed by atoms with Gasteiger partial charge < -0.3 is 0 Å². The summed E-state index contributed by atoms with van der Waals surface area (Å²) in [5.41, 5.74) is 0.976. The molecule has 1 aromatic rings. The fourth-order valence-corrected chi connectivity index (χ4v) is 2.54. The second kappa shape index (κ2) is 5.07. The molecule has 0 bridgehead atoms. The molecule has 0 saturated heterocycles. The number of hydrogen-bond acceptors (Lipinski definition) is 4. The lowest BCUT2D eigenvalue weighted by Crippen LogP contribution is -2.11. The fraction of sp³-hybridized carbons (Fsp3) is 0.400. The van der Waals surface area contributed by atoms with Crippen LogP contribution < -0.4 is 0 Å². The van der Waals surface area contributed by atoms with E-state index in [9.17, 15) is 18.5 Å². The first-order valence-electron chi connectivity index (χ1n) is 4.83. The van der Waals surface area contributed by atoms with Crippen molar-refractivity contribution in [2.75, 3.05) is 12.3 Å². The maximum absolute atomic E-state index is 11.7. The average molecular weight is 243 g/mol. The topological polar surface area (TPSA) is 77.3 Å². The summed E-state index contributed by atoms with van der Waals surface area (Å²) in [6.45, 7) is 1.55. The van der Waals surface area contributed by atoms with Gasteiger partial charge in [-0.3, -0.25) is 10.1 Å². The molecule has 88 valence electrons. The van der Waals surface area contributed by atoms with Crippen LogP contribution in [0.3, 0.4) is 0 Å². The van der Waals surface area contributed by atoms with E-state index in [1.807, 2.05) is 6.92 Å². The first kappa shape index (κ1) is 12.6. The highest BCUT2D eigenvalue weighted by Crippen LogP contribution is 2.12. The van der Waals surface area contributed by atoms with Gasteiger partial charge >= 0.3 is 0 Å². The van der Waals surface area contributed by atoms with Crippen LogP contribution in [-0.4, -0.2) is 25.6 Å². The van der Waals surface area contributed by atoms with Gasteiger partial charge in [-0.15, -0.1) is 0 Å². The molecule has 0 unspecified atom stereocenters. The molecule has 1 aromatic carbocycles. The van der Waals surface area contributed by atoms with Gasteiger partial charge in [-0.05, 0) is 19.1 Å². The van der Waals surface area contributed by atoms with Crippen molar-refractivity contribution >= 4 is 9.84 Å². The predicted molar refractivity (Wildman–Crippen MR) is 59.7 cm³/mol. The van der Waals surface area contributed by atoms with Crippen LogP contribution in [0.2, 0.25) is 0 Å². The summed E-state index contributed by atoms with van der Waals surface area (Å²) in [6, 6.07) is 6.47.